The first-order valence-electron chi connectivity index (χ1n) is 11.1. The van der Waals surface area contributed by atoms with Crippen molar-refractivity contribution in [3.63, 3.8) is 0 Å². The van der Waals surface area contributed by atoms with Crippen molar-refractivity contribution in [2.75, 3.05) is 26.7 Å². The molecule has 0 spiro atoms. The summed E-state index contributed by atoms with van der Waals surface area (Å²) in [5.41, 5.74) is 1.56. The Balaban J connectivity index is 0.00000341. The van der Waals surface area contributed by atoms with Crippen LogP contribution in [0.2, 0.25) is 0 Å². The number of hydrogen-bond acceptors (Lipinski definition) is 4. The van der Waals surface area contributed by atoms with E-state index in [-0.39, 0.29) is 36.1 Å². The second-order valence-electron chi connectivity index (χ2n) is 9.47. The number of ether oxygens (including phenoxy) is 1. The summed E-state index contributed by atoms with van der Waals surface area (Å²) in [6, 6.07) is 6.28. The lowest BCUT2D eigenvalue weighted by molar-refractivity contribution is 0.00928. The van der Waals surface area contributed by atoms with Gasteiger partial charge in [-0.05, 0) is 71.4 Å². The Morgan fingerprint density at radius 1 is 1.26 bits per heavy atom. The summed E-state index contributed by atoms with van der Waals surface area (Å²) in [4.78, 5) is 26.1. The highest BCUT2D eigenvalue weighted by atomic mass is 127. The molecule has 1 aromatic rings. The van der Waals surface area contributed by atoms with Crippen molar-refractivity contribution >= 4 is 36.0 Å². The average molecular weight is 543 g/mol. The molecule has 0 aromatic carbocycles. The van der Waals surface area contributed by atoms with E-state index in [9.17, 15) is 4.79 Å². The third kappa shape index (κ3) is 8.12. The number of nitrogens with zero attached hydrogens (tertiary/aromatic N) is 4. The van der Waals surface area contributed by atoms with Gasteiger partial charge in [0, 0.05) is 38.4 Å². The monoisotopic (exact) mass is 543 g/mol. The van der Waals surface area contributed by atoms with Gasteiger partial charge in [0.2, 0.25) is 0 Å². The van der Waals surface area contributed by atoms with Crippen LogP contribution in [-0.2, 0) is 11.3 Å². The Hall–Kier alpha value is -1.58. The quantitative estimate of drug-likeness (QED) is 0.343. The predicted molar refractivity (Wildman–Crippen MR) is 135 cm³/mol. The minimum atomic E-state index is -0.463. The van der Waals surface area contributed by atoms with Crippen LogP contribution in [0.4, 0.5) is 4.79 Å². The molecular formula is C23H38IN5O2. The maximum atomic E-state index is 12.8. The highest BCUT2D eigenvalue weighted by Crippen LogP contribution is 2.32. The van der Waals surface area contributed by atoms with E-state index in [0.717, 1.165) is 49.8 Å². The molecule has 31 heavy (non-hydrogen) atoms. The van der Waals surface area contributed by atoms with Gasteiger partial charge in [0.1, 0.15) is 5.60 Å². The number of aliphatic imine (C=N–C) groups is 1. The number of likely N-dealkylation sites (tertiary alicyclic amines) is 1. The first-order chi connectivity index (χ1) is 14.2. The second kappa shape index (κ2) is 11.3. The number of rotatable bonds is 5. The molecule has 174 valence electrons. The Morgan fingerprint density at radius 2 is 1.94 bits per heavy atom. The van der Waals surface area contributed by atoms with Crippen molar-refractivity contribution in [2.45, 2.75) is 71.6 Å². The van der Waals surface area contributed by atoms with Crippen molar-refractivity contribution in [1.82, 2.24) is 20.1 Å². The van der Waals surface area contributed by atoms with E-state index in [2.05, 4.69) is 20.2 Å². The molecule has 1 saturated carbocycles. The number of carbonyl (C=O) groups is 1. The number of hydrogen-bond donors (Lipinski definition) is 1. The average Bonchev–Trinajstić information content (AvgIpc) is 3.50. The largest absolute Gasteiger partial charge is 0.444 e. The molecule has 3 rings (SSSR count). The Labute approximate surface area is 204 Å². The number of aromatic nitrogens is 1. The number of halogens is 1. The number of amides is 1. The van der Waals surface area contributed by atoms with Crippen LogP contribution >= 0.6 is 24.0 Å². The standard InChI is InChI=1S/C23H37N5O2.HI/c1-17-7-6-8-19(26-17)15-25-21(24-5)27-13-11-20(12-14-27)28(16-18-9-10-18)22(29)30-23(2,3)4;/h6-8,18,20H,9-16H2,1-5H3,(H,24,25);1H. The summed E-state index contributed by atoms with van der Waals surface area (Å²) in [5.74, 6) is 1.54. The number of pyridine rings is 1. The topological polar surface area (TPSA) is 70.1 Å². The second-order valence-corrected chi connectivity index (χ2v) is 9.47. The number of guanidine groups is 1. The normalized spacial score (nSPS) is 17.7. The SMILES string of the molecule is CN=C(NCc1cccc(C)n1)N1CCC(N(CC2CC2)C(=O)OC(C)(C)C)CC1.I. The van der Waals surface area contributed by atoms with Gasteiger partial charge in [0.15, 0.2) is 5.96 Å². The van der Waals surface area contributed by atoms with Crippen molar-refractivity contribution in [2.24, 2.45) is 10.9 Å². The van der Waals surface area contributed by atoms with Crippen LogP contribution in [0.5, 0.6) is 0 Å². The van der Waals surface area contributed by atoms with Crippen LogP contribution in [0.25, 0.3) is 0 Å². The molecule has 0 unspecified atom stereocenters. The van der Waals surface area contributed by atoms with E-state index in [4.69, 9.17) is 4.74 Å². The predicted octanol–water partition coefficient (Wildman–Crippen LogP) is 4.19. The lowest BCUT2D eigenvalue weighted by Gasteiger charge is -2.40. The third-order valence-electron chi connectivity index (χ3n) is 5.57. The van der Waals surface area contributed by atoms with Crippen LogP contribution in [0.1, 0.15) is 57.8 Å². The molecule has 2 fully saturated rings. The van der Waals surface area contributed by atoms with Crippen molar-refractivity contribution in [1.29, 1.82) is 0 Å². The molecule has 8 heteroatoms. The van der Waals surface area contributed by atoms with Gasteiger partial charge in [-0.1, -0.05) is 6.07 Å². The third-order valence-corrected chi connectivity index (χ3v) is 5.57. The molecule has 1 amide bonds. The zero-order chi connectivity index (χ0) is 21.7. The van der Waals surface area contributed by atoms with Gasteiger partial charge in [0.05, 0.1) is 12.2 Å². The summed E-state index contributed by atoms with van der Waals surface area (Å²) < 4.78 is 5.70. The number of piperidine rings is 1. The maximum absolute atomic E-state index is 12.8. The molecule has 1 aliphatic heterocycles. The van der Waals surface area contributed by atoms with Gasteiger partial charge in [-0.3, -0.25) is 9.98 Å². The van der Waals surface area contributed by atoms with Crippen LogP contribution in [0.3, 0.4) is 0 Å². The Kier molecular flexibility index (Phi) is 9.39. The zero-order valence-corrected chi connectivity index (χ0v) is 21.9. The maximum Gasteiger partial charge on any atom is 0.410 e. The first kappa shape index (κ1) is 25.7. The van der Waals surface area contributed by atoms with Crippen LogP contribution in [-0.4, -0.2) is 65.2 Å². The number of nitrogens with one attached hydrogen (secondary N) is 1. The van der Waals surface area contributed by atoms with Crippen LogP contribution in [0, 0.1) is 12.8 Å². The summed E-state index contributed by atoms with van der Waals surface area (Å²) in [7, 11) is 1.82. The molecule has 0 bridgehead atoms. The van der Waals surface area contributed by atoms with Crippen molar-refractivity contribution < 1.29 is 9.53 Å². The van der Waals surface area contributed by atoms with E-state index in [1.165, 1.54) is 12.8 Å². The Morgan fingerprint density at radius 3 is 2.48 bits per heavy atom. The van der Waals surface area contributed by atoms with Crippen LogP contribution < -0.4 is 5.32 Å². The fourth-order valence-corrected chi connectivity index (χ4v) is 3.86. The molecule has 1 N–H and O–H groups in total. The lowest BCUT2D eigenvalue weighted by atomic mass is 10.0. The van der Waals surface area contributed by atoms with Gasteiger partial charge in [-0.15, -0.1) is 24.0 Å². The fourth-order valence-electron chi connectivity index (χ4n) is 3.86. The van der Waals surface area contributed by atoms with Crippen molar-refractivity contribution in [3.05, 3.63) is 29.6 Å². The van der Waals surface area contributed by atoms with Gasteiger partial charge in [-0.25, -0.2) is 4.79 Å². The molecule has 1 saturated heterocycles. The van der Waals surface area contributed by atoms with Crippen molar-refractivity contribution in [3.8, 4) is 0 Å². The molecular weight excluding hydrogens is 505 g/mol. The molecule has 1 aromatic heterocycles. The van der Waals surface area contributed by atoms with Gasteiger partial charge in [0.25, 0.3) is 0 Å². The highest BCUT2D eigenvalue weighted by Gasteiger charge is 2.35. The molecule has 0 radical (unpaired) electrons. The number of aryl methyl sites for hydroxylation is 1. The highest BCUT2D eigenvalue weighted by molar-refractivity contribution is 14.0. The molecule has 2 heterocycles. The first-order valence-corrected chi connectivity index (χ1v) is 11.1. The summed E-state index contributed by atoms with van der Waals surface area (Å²) in [5, 5.41) is 3.43. The van der Waals surface area contributed by atoms with E-state index < -0.39 is 5.60 Å². The lowest BCUT2D eigenvalue weighted by Crippen LogP contribution is -2.52. The molecule has 1 aliphatic carbocycles. The van der Waals surface area contributed by atoms with Gasteiger partial charge < -0.3 is 19.9 Å². The number of carbonyl (C=O) groups excluding carboxylic acids is 1. The summed E-state index contributed by atoms with van der Waals surface area (Å²) in [6.07, 6.45) is 4.13. The van der Waals surface area contributed by atoms with Crippen LogP contribution in [0.15, 0.2) is 23.2 Å². The zero-order valence-electron chi connectivity index (χ0n) is 19.6. The molecule has 7 nitrogen and oxygen atoms in total. The minimum absolute atomic E-state index is 0. The molecule has 2 aliphatic rings. The molecule has 0 atom stereocenters. The Bertz CT molecular complexity index is 753. The smallest absolute Gasteiger partial charge is 0.410 e. The van der Waals surface area contributed by atoms with E-state index in [1.54, 1.807) is 0 Å². The fraction of sp³-hybridized carbons (Fsp3) is 0.696. The van der Waals surface area contributed by atoms with Gasteiger partial charge >= 0.3 is 6.09 Å². The summed E-state index contributed by atoms with van der Waals surface area (Å²) >= 11 is 0. The van der Waals surface area contributed by atoms with Gasteiger partial charge in [-0.2, -0.15) is 0 Å². The summed E-state index contributed by atoms with van der Waals surface area (Å²) in [6.45, 7) is 11.0. The minimum Gasteiger partial charge on any atom is -0.444 e. The van der Waals surface area contributed by atoms with E-state index >= 15 is 0 Å². The van der Waals surface area contributed by atoms with E-state index in [1.807, 2.05) is 57.8 Å². The van der Waals surface area contributed by atoms with E-state index in [0.29, 0.717) is 12.5 Å².